The van der Waals surface area contributed by atoms with E-state index in [0.717, 1.165) is 24.9 Å². The monoisotopic (exact) mass is 244 g/mol. The maximum atomic E-state index is 5.71. The van der Waals surface area contributed by atoms with Crippen molar-refractivity contribution in [3.63, 3.8) is 0 Å². The molecule has 0 atom stereocenters. The highest BCUT2D eigenvalue weighted by Crippen LogP contribution is 2.28. The van der Waals surface area contributed by atoms with Crippen LogP contribution in [0.15, 0.2) is 29.3 Å². The van der Waals surface area contributed by atoms with Crippen LogP contribution in [0.3, 0.4) is 0 Å². The van der Waals surface area contributed by atoms with E-state index in [1.54, 1.807) is 0 Å². The Kier molecular flexibility index (Phi) is 4.94. The van der Waals surface area contributed by atoms with Gasteiger partial charge in [-0.25, -0.2) is 0 Å². The first kappa shape index (κ1) is 13.3. The maximum absolute atomic E-state index is 5.71. The van der Waals surface area contributed by atoms with Crippen LogP contribution in [0.4, 0.5) is 0 Å². The number of nitrogens with two attached hydrogens (primary N) is 1. The Morgan fingerprint density at radius 1 is 1.11 bits per heavy atom. The number of hydrogen-bond donors (Lipinski definition) is 1. The van der Waals surface area contributed by atoms with E-state index in [1.165, 1.54) is 36.8 Å². The fourth-order valence-electron chi connectivity index (χ4n) is 2.61. The first-order chi connectivity index (χ1) is 8.78. The van der Waals surface area contributed by atoms with Gasteiger partial charge in [-0.1, -0.05) is 29.8 Å². The fraction of sp³-hybridized carbons (Fsp3) is 0.562. The SMILES string of the molecule is Cc1ccc(C=NCC2CCC(CN)CC2)cc1. The summed E-state index contributed by atoms with van der Waals surface area (Å²) in [7, 11) is 0. The van der Waals surface area contributed by atoms with Gasteiger partial charge in [0.2, 0.25) is 0 Å². The van der Waals surface area contributed by atoms with Crippen molar-refractivity contribution < 1.29 is 0 Å². The molecule has 1 saturated carbocycles. The molecule has 0 bridgehead atoms. The highest BCUT2D eigenvalue weighted by molar-refractivity contribution is 5.79. The lowest BCUT2D eigenvalue weighted by molar-refractivity contribution is 0.285. The van der Waals surface area contributed by atoms with Gasteiger partial charge >= 0.3 is 0 Å². The summed E-state index contributed by atoms with van der Waals surface area (Å²) in [6, 6.07) is 8.52. The van der Waals surface area contributed by atoms with Crippen molar-refractivity contribution in [1.82, 2.24) is 0 Å². The lowest BCUT2D eigenvalue weighted by Crippen LogP contribution is -2.22. The Bertz CT molecular complexity index is 373. The molecule has 2 rings (SSSR count). The standard InChI is InChI=1S/C16H24N2/c1-13-2-4-15(5-3-13)11-18-12-16-8-6-14(10-17)7-9-16/h2-5,11,14,16H,6-10,12,17H2,1H3. The summed E-state index contributed by atoms with van der Waals surface area (Å²) < 4.78 is 0. The molecule has 2 nitrogen and oxygen atoms in total. The van der Waals surface area contributed by atoms with Crippen LogP contribution in [0.1, 0.15) is 36.8 Å². The van der Waals surface area contributed by atoms with Crippen LogP contribution in [0.2, 0.25) is 0 Å². The number of aliphatic imine (C=N–C) groups is 1. The third-order valence-corrected chi connectivity index (χ3v) is 3.98. The van der Waals surface area contributed by atoms with E-state index in [0.29, 0.717) is 0 Å². The third kappa shape index (κ3) is 3.95. The second-order valence-corrected chi connectivity index (χ2v) is 5.53. The summed E-state index contributed by atoms with van der Waals surface area (Å²) in [5.74, 6) is 1.54. The molecule has 2 heteroatoms. The summed E-state index contributed by atoms with van der Waals surface area (Å²) in [4.78, 5) is 4.59. The molecule has 0 heterocycles. The Labute approximate surface area is 110 Å². The molecule has 1 fully saturated rings. The second kappa shape index (κ2) is 6.69. The highest BCUT2D eigenvalue weighted by atomic mass is 14.7. The van der Waals surface area contributed by atoms with Gasteiger partial charge in [0.1, 0.15) is 0 Å². The summed E-state index contributed by atoms with van der Waals surface area (Å²) in [5, 5.41) is 0. The third-order valence-electron chi connectivity index (χ3n) is 3.98. The van der Waals surface area contributed by atoms with Crippen molar-refractivity contribution in [3.05, 3.63) is 35.4 Å². The van der Waals surface area contributed by atoms with Crippen LogP contribution in [-0.4, -0.2) is 19.3 Å². The Morgan fingerprint density at radius 2 is 1.72 bits per heavy atom. The maximum Gasteiger partial charge on any atom is 0.0417 e. The normalized spacial score (nSPS) is 24.6. The van der Waals surface area contributed by atoms with Gasteiger partial charge in [-0.2, -0.15) is 0 Å². The zero-order chi connectivity index (χ0) is 12.8. The molecule has 0 spiro atoms. The highest BCUT2D eigenvalue weighted by Gasteiger charge is 2.19. The average Bonchev–Trinajstić information content (AvgIpc) is 2.42. The van der Waals surface area contributed by atoms with Crippen LogP contribution in [0.5, 0.6) is 0 Å². The van der Waals surface area contributed by atoms with E-state index < -0.39 is 0 Å². The number of nitrogens with zero attached hydrogens (tertiary/aromatic N) is 1. The van der Waals surface area contributed by atoms with Crippen molar-refractivity contribution in [1.29, 1.82) is 0 Å². The summed E-state index contributed by atoms with van der Waals surface area (Å²) in [6.45, 7) is 3.95. The molecule has 0 saturated heterocycles. The quantitative estimate of drug-likeness (QED) is 0.812. The smallest absolute Gasteiger partial charge is 0.0417 e. The molecule has 1 aromatic rings. The van der Waals surface area contributed by atoms with Gasteiger partial charge in [0.05, 0.1) is 0 Å². The largest absolute Gasteiger partial charge is 0.330 e. The molecule has 1 aliphatic carbocycles. The van der Waals surface area contributed by atoms with E-state index in [1.807, 2.05) is 6.21 Å². The molecule has 1 aromatic carbocycles. The predicted molar refractivity (Wildman–Crippen MR) is 78.1 cm³/mol. The number of aryl methyl sites for hydroxylation is 1. The van der Waals surface area contributed by atoms with Gasteiger partial charge in [0.25, 0.3) is 0 Å². The molecule has 0 unspecified atom stereocenters. The molecule has 2 N–H and O–H groups in total. The fourth-order valence-corrected chi connectivity index (χ4v) is 2.61. The second-order valence-electron chi connectivity index (χ2n) is 5.53. The zero-order valence-electron chi connectivity index (χ0n) is 11.3. The number of rotatable bonds is 4. The van der Waals surface area contributed by atoms with Crippen LogP contribution < -0.4 is 5.73 Å². The van der Waals surface area contributed by atoms with Gasteiger partial charge in [-0.05, 0) is 56.6 Å². The minimum atomic E-state index is 0.766. The first-order valence-electron chi connectivity index (χ1n) is 7.04. The van der Waals surface area contributed by atoms with E-state index in [2.05, 4.69) is 36.2 Å². The molecule has 0 radical (unpaired) electrons. The van der Waals surface area contributed by atoms with Crippen molar-refractivity contribution in [3.8, 4) is 0 Å². The van der Waals surface area contributed by atoms with Crippen molar-refractivity contribution in [2.45, 2.75) is 32.6 Å². The van der Waals surface area contributed by atoms with Crippen molar-refractivity contribution in [2.75, 3.05) is 13.1 Å². The molecular weight excluding hydrogens is 220 g/mol. The van der Waals surface area contributed by atoms with Gasteiger partial charge < -0.3 is 5.73 Å². The van der Waals surface area contributed by atoms with E-state index >= 15 is 0 Å². The first-order valence-corrected chi connectivity index (χ1v) is 7.04. The molecular formula is C16H24N2. The predicted octanol–water partition coefficient (Wildman–Crippen LogP) is 3.18. The minimum absolute atomic E-state index is 0.766. The average molecular weight is 244 g/mol. The molecule has 0 aromatic heterocycles. The van der Waals surface area contributed by atoms with Crippen LogP contribution >= 0.6 is 0 Å². The van der Waals surface area contributed by atoms with E-state index in [-0.39, 0.29) is 0 Å². The Morgan fingerprint density at radius 3 is 2.33 bits per heavy atom. The zero-order valence-corrected chi connectivity index (χ0v) is 11.3. The van der Waals surface area contributed by atoms with Gasteiger partial charge in [0, 0.05) is 12.8 Å². The Hall–Kier alpha value is -1.15. The molecule has 1 aliphatic rings. The molecule has 0 aliphatic heterocycles. The van der Waals surface area contributed by atoms with E-state index in [4.69, 9.17) is 5.73 Å². The lowest BCUT2D eigenvalue weighted by Gasteiger charge is -2.26. The van der Waals surface area contributed by atoms with Crippen LogP contribution in [0, 0.1) is 18.8 Å². The van der Waals surface area contributed by atoms with Gasteiger partial charge in [-0.15, -0.1) is 0 Å². The molecule has 18 heavy (non-hydrogen) atoms. The Balaban J connectivity index is 1.76. The number of benzene rings is 1. The van der Waals surface area contributed by atoms with E-state index in [9.17, 15) is 0 Å². The minimum Gasteiger partial charge on any atom is -0.330 e. The van der Waals surface area contributed by atoms with Crippen molar-refractivity contribution in [2.24, 2.45) is 22.6 Å². The number of hydrogen-bond acceptors (Lipinski definition) is 2. The van der Waals surface area contributed by atoms with Gasteiger partial charge in [-0.3, -0.25) is 4.99 Å². The van der Waals surface area contributed by atoms with Crippen molar-refractivity contribution >= 4 is 6.21 Å². The van der Waals surface area contributed by atoms with Gasteiger partial charge in [0.15, 0.2) is 0 Å². The van der Waals surface area contributed by atoms with Crippen LogP contribution in [-0.2, 0) is 0 Å². The topological polar surface area (TPSA) is 38.4 Å². The molecule has 0 amide bonds. The van der Waals surface area contributed by atoms with Crippen LogP contribution in [0.25, 0.3) is 0 Å². The molecule has 98 valence electrons. The lowest BCUT2D eigenvalue weighted by atomic mass is 9.82. The summed E-state index contributed by atoms with van der Waals surface area (Å²) in [6.07, 6.45) is 7.19. The summed E-state index contributed by atoms with van der Waals surface area (Å²) in [5.41, 5.74) is 8.21. The summed E-state index contributed by atoms with van der Waals surface area (Å²) >= 11 is 0.